The Morgan fingerprint density at radius 1 is 0.706 bits per heavy atom. The molecule has 11 nitrogen and oxygen atoms in total. The number of aromatic nitrogens is 3. The largest absolute Gasteiger partial charge is 0.463 e. The molecular weight excluding hydrogens is 648 g/mol. The Kier molecular flexibility index (Phi) is 25.4. The van der Waals surface area contributed by atoms with Crippen LogP contribution in [0.1, 0.15) is 200 Å². The van der Waals surface area contributed by atoms with Gasteiger partial charge in [-0.1, -0.05) is 168 Å². The van der Waals surface area contributed by atoms with Gasteiger partial charge in [0, 0.05) is 12.8 Å². The minimum atomic E-state index is -1.39. The fourth-order valence-corrected chi connectivity index (χ4v) is 6.79. The van der Waals surface area contributed by atoms with Crippen LogP contribution in [0.5, 0.6) is 0 Å². The van der Waals surface area contributed by atoms with Crippen LogP contribution < -0.4 is 11.4 Å². The first kappa shape index (κ1) is 44.6. The summed E-state index contributed by atoms with van der Waals surface area (Å²) in [6.07, 6.45) is 28.4. The third kappa shape index (κ3) is 20.3. The fourth-order valence-electron chi connectivity index (χ4n) is 6.79. The van der Waals surface area contributed by atoms with Crippen LogP contribution in [-0.2, 0) is 23.8 Å². The first-order chi connectivity index (χ1) is 24.9. The highest BCUT2D eigenvalue weighted by molar-refractivity contribution is 5.70. The Balaban J connectivity index is 1.69. The van der Waals surface area contributed by atoms with Crippen LogP contribution in [0, 0.1) is 0 Å². The van der Waals surface area contributed by atoms with Crippen LogP contribution >= 0.6 is 0 Å². The number of hydrogen-bond donors (Lipinski definition) is 2. The smallest absolute Gasteiger partial charge is 0.354 e. The van der Waals surface area contributed by atoms with Crippen molar-refractivity contribution in [2.45, 2.75) is 218 Å². The highest BCUT2D eigenvalue weighted by Gasteiger charge is 2.48. The molecule has 0 bridgehead atoms. The van der Waals surface area contributed by atoms with Gasteiger partial charge in [-0.3, -0.25) is 14.2 Å². The van der Waals surface area contributed by atoms with Gasteiger partial charge in [0.15, 0.2) is 12.3 Å². The molecule has 0 aliphatic carbocycles. The number of aliphatic hydroxyl groups is 1. The number of aliphatic hydroxyl groups excluding tert-OH is 1. The van der Waals surface area contributed by atoms with Crippen LogP contribution in [0.15, 0.2) is 11.1 Å². The van der Waals surface area contributed by atoms with Gasteiger partial charge in [-0.15, -0.1) is 0 Å². The van der Waals surface area contributed by atoms with Gasteiger partial charge in [-0.05, 0) is 12.8 Å². The third-order valence-corrected chi connectivity index (χ3v) is 9.97. The maximum Gasteiger partial charge on any atom is 0.354 e. The van der Waals surface area contributed by atoms with Gasteiger partial charge in [-0.25, -0.2) is 9.78 Å². The van der Waals surface area contributed by atoms with Crippen LogP contribution in [-0.4, -0.2) is 56.5 Å². The van der Waals surface area contributed by atoms with E-state index in [0.29, 0.717) is 6.42 Å². The summed E-state index contributed by atoms with van der Waals surface area (Å²) in [5.41, 5.74) is 4.77. The molecule has 3 N–H and O–H groups in total. The van der Waals surface area contributed by atoms with Crippen molar-refractivity contribution in [1.29, 1.82) is 0 Å². The number of hydrogen-bond acceptors (Lipinski definition) is 10. The molecule has 294 valence electrons. The van der Waals surface area contributed by atoms with E-state index in [9.17, 15) is 19.5 Å². The van der Waals surface area contributed by atoms with Crippen LogP contribution in [0.25, 0.3) is 0 Å². The minimum Gasteiger partial charge on any atom is -0.463 e. The molecule has 1 saturated heterocycles. The highest BCUT2D eigenvalue weighted by Crippen LogP contribution is 2.31. The van der Waals surface area contributed by atoms with Crippen molar-refractivity contribution in [2.24, 2.45) is 0 Å². The molecule has 11 heteroatoms. The zero-order chi connectivity index (χ0) is 36.9. The van der Waals surface area contributed by atoms with Crippen LogP contribution in [0.4, 0.5) is 5.95 Å². The number of nitrogen functional groups attached to an aromatic ring is 1. The van der Waals surface area contributed by atoms with E-state index in [2.05, 4.69) is 23.8 Å². The SMILES string of the molecule is CCCCCCCCCCCCCCCC(=O)OC[C@H]1O[C@@H](n2cnc(N)nc2=O)[C@@H](O)[C@@H]1OC(=O)CCCCCCCCCCCCCCC. The Morgan fingerprint density at radius 3 is 1.55 bits per heavy atom. The minimum absolute atomic E-state index is 0.205. The van der Waals surface area contributed by atoms with Crippen molar-refractivity contribution in [3.05, 3.63) is 16.8 Å². The number of ether oxygens (including phenoxy) is 3. The summed E-state index contributed by atoms with van der Waals surface area (Å²) in [5.74, 6) is -1.04. The summed E-state index contributed by atoms with van der Waals surface area (Å²) in [6, 6.07) is 0. The van der Waals surface area contributed by atoms with Gasteiger partial charge in [0.1, 0.15) is 25.1 Å². The predicted molar refractivity (Wildman–Crippen MR) is 202 cm³/mol. The summed E-state index contributed by atoms with van der Waals surface area (Å²) < 4.78 is 18.1. The van der Waals surface area contributed by atoms with Crippen LogP contribution in [0.3, 0.4) is 0 Å². The number of carbonyl (C=O) groups is 2. The second kappa shape index (κ2) is 29.0. The van der Waals surface area contributed by atoms with E-state index in [1.165, 1.54) is 122 Å². The second-order valence-corrected chi connectivity index (χ2v) is 14.6. The lowest BCUT2D eigenvalue weighted by molar-refractivity contribution is -0.160. The summed E-state index contributed by atoms with van der Waals surface area (Å²) >= 11 is 0. The van der Waals surface area contributed by atoms with E-state index >= 15 is 0 Å². The maximum absolute atomic E-state index is 12.8. The average molecular weight is 721 g/mol. The molecule has 0 saturated carbocycles. The molecule has 1 aliphatic heterocycles. The number of esters is 2. The summed E-state index contributed by atoms with van der Waals surface area (Å²) in [6.45, 7) is 4.28. The molecule has 4 atom stereocenters. The zero-order valence-corrected chi connectivity index (χ0v) is 32.2. The number of anilines is 1. The highest BCUT2D eigenvalue weighted by atomic mass is 16.6. The van der Waals surface area contributed by atoms with Crippen molar-refractivity contribution in [3.63, 3.8) is 0 Å². The molecular formula is C40H72N4O7. The van der Waals surface area contributed by atoms with Gasteiger partial charge in [0.05, 0.1) is 0 Å². The van der Waals surface area contributed by atoms with Crippen LogP contribution in [0.2, 0.25) is 0 Å². The van der Waals surface area contributed by atoms with E-state index in [1.807, 2.05) is 0 Å². The molecule has 1 aromatic rings. The monoisotopic (exact) mass is 721 g/mol. The lowest BCUT2D eigenvalue weighted by atomic mass is 10.0. The van der Waals surface area contributed by atoms with E-state index in [0.717, 1.165) is 49.4 Å². The Hall–Kier alpha value is -2.53. The van der Waals surface area contributed by atoms with Crippen molar-refractivity contribution in [2.75, 3.05) is 12.3 Å². The molecule has 0 spiro atoms. The molecule has 1 aliphatic rings. The first-order valence-corrected chi connectivity index (χ1v) is 20.8. The Labute approximate surface area is 308 Å². The van der Waals surface area contributed by atoms with Gasteiger partial charge < -0.3 is 25.1 Å². The van der Waals surface area contributed by atoms with E-state index in [4.69, 9.17) is 19.9 Å². The fraction of sp³-hybridized carbons (Fsp3) is 0.875. The lowest BCUT2D eigenvalue weighted by Gasteiger charge is -2.20. The van der Waals surface area contributed by atoms with Gasteiger partial charge in [0.25, 0.3) is 0 Å². The molecule has 0 unspecified atom stereocenters. The molecule has 0 radical (unpaired) electrons. The van der Waals surface area contributed by atoms with E-state index in [-0.39, 0.29) is 31.4 Å². The van der Waals surface area contributed by atoms with Gasteiger partial charge in [0.2, 0.25) is 5.95 Å². The Bertz CT molecular complexity index is 1100. The topological polar surface area (TPSA) is 156 Å². The Morgan fingerprint density at radius 2 is 1.12 bits per heavy atom. The summed E-state index contributed by atoms with van der Waals surface area (Å²) in [4.78, 5) is 45.3. The lowest BCUT2D eigenvalue weighted by Crippen LogP contribution is -2.40. The molecule has 51 heavy (non-hydrogen) atoms. The number of nitrogens with zero attached hydrogens (tertiary/aromatic N) is 3. The molecule has 1 aromatic heterocycles. The number of rotatable bonds is 32. The number of carbonyl (C=O) groups excluding carboxylic acids is 2. The van der Waals surface area contributed by atoms with E-state index < -0.39 is 36.2 Å². The van der Waals surface area contributed by atoms with Crippen molar-refractivity contribution < 1.29 is 28.9 Å². The predicted octanol–water partition coefficient (Wildman–Crippen LogP) is 8.90. The average Bonchev–Trinajstić information content (AvgIpc) is 3.41. The zero-order valence-electron chi connectivity index (χ0n) is 32.2. The molecule has 2 heterocycles. The second-order valence-electron chi connectivity index (χ2n) is 14.6. The quantitative estimate of drug-likeness (QED) is 0.0544. The van der Waals surface area contributed by atoms with Crippen molar-refractivity contribution in [3.8, 4) is 0 Å². The molecule has 2 rings (SSSR count). The molecule has 1 fully saturated rings. The van der Waals surface area contributed by atoms with E-state index in [1.54, 1.807) is 0 Å². The standard InChI is InChI=1S/C40H72N4O7/c1-3-5-7-9-11-13-15-17-19-21-23-25-27-29-34(45)49-31-33-37(36(47)38(50-33)44-32-42-39(41)43-40(44)48)51-35(46)30-28-26-24-22-20-18-16-14-12-10-8-6-4-2/h32-33,36-38,47H,3-31H2,1-2H3,(H2,41,43,48)/t33-,36+,37-,38-/m1/s1. The third-order valence-electron chi connectivity index (χ3n) is 9.97. The first-order valence-electron chi connectivity index (χ1n) is 20.8. The number of nitrogens with two attached hydrogens (primary N) is 1. The molecule has 0 amide bonds. The van der Waals surface area contributed by atoms with Crippen molar-refractivity contribution in [1.82, 2.24) is 14.5 Å². The van der Waals surface area contributed by atoms with Gasteiger partial charge >= 0.3 is 17.6 Å². The number of unbranched alkanes of at least 4 members (excludes halogenated alkanes) is 24. The maximum atomic E-state index is 12.8. The normalized spacial score (nSPS) is 18.6. The van der Waals surface area contributed by atoms with Crippen molar-refractivity contribution >= 4 is 17.9 Å². The molecule has 0 aromatic carbocycles. The van der Waals surface area contributed by atoms with Gasteiger partial charge in [-0.2, -0.15) is 4.98 Å². The summed E-state index contributed by atoms with van der Waals surface area (Å²) in [5, 5.41) is 11.1. The summed E-state index contributed by atoms with van der Waals surface area (Å²) in [7, 11) is 0.